The molecule has 11 heteroatoms. The number of methoxy groups -OCH3 is 1. The van der Waals surface area contributed by atoms with E-state index in [-0.39, 0.29) is 30.0 Å². The zero-order valence-electron chi connectivity index (χ0n) is 22.5. The number of likely N-dealkylation sites (tertiary alicyclic amines) is 1. The molecule has 0 aliphatic carbocycles. The second-order valence-corrected chi connectivity index (χ2v) is 10.3. The summed E-state index contributed by atoms with van der Waals surface area (Å²) >= 11 is 0. The van der Waals surface area contributed by atoms with E-state index in [1.54, 1.807) is 13.0 Å². The van der Waals surface area contributed by atoms with Crippen molar-refractivity contribution in [2.45, 2.75) is 58.5 Å². The zero-order chi connectivity index (χ0) is 28.5. The van der Waals surface area contributed by atoms with Crippen molar-refractivity contribution >= 4 is 16.8 Å². The highest BCUT2D eigenvalue weighted by Gasteiger charge is 2.43. The first-order chi connectivity index (χ1) is 18.4. The Hall–Kier alpha value is -3.34. The maximum absolute atomic E-state index is 13.6. The summed E-state index contributed by atoms with van der Waals surface area (Å²) in [4.78, 5) is 30.1. The van der Waals surface area contributed by atoms with Crippen LogP contribution in [0.5, 0.6) is 5.75 Å². The molecule has 4 rings (SSSR count). The predicted molar refractivity (Wildman–Crippen MR) is 141 cm³/mol. The molecule has 39 heavy (non-hydrogen) atoms. The van der Waals surface area contributed by atoms with Crippen molar-refractivity contribution < 1.29 is 27.1 Å². The molecule has 212 valence electrons. The average Bonchev–Trinajstić information content (AvgIpc) is 3.18. The highest BCUT2D eigenvalue weighted by molar-refractivity contribution is 6.08. The van der Waals surface area contributed by atoms with Crippen molar-refractivity contribution in [3.8, 4) is 5.75 Å². The van der Waals surface area contributed by atoms with Gasteiger partial charge in [0.2, 0.25) is 0 Å². The number of pyridine rings is 1. The van der Waals surface area contributed by atoms with Crippen molar-refractivity contribution in [3.05, 3.63) is 63.2 Å². The van der Waals surface area contributed by atoms with Crippen LogP contribution >= 0.6 is 0 Å². The molecule has 1 amide bonds. The third kappa shape index (κ3) is 5.83. The molecule has 1 aliphatic heterocycles. The van der Waals surface area contributed by atoms with Crippen molar-refractivity contribution in [1.29, 1.82) is 0 Å². The molecule has 0 spiro atoms. The minimum Gasteiger partial charge on any atom is -0.496 e. The molecule has 1 unspecified atom stereocenters. The molecule has 1 saturated heterocycles. The van der Waals surface area contributed by atoms with E-state index < -0.39 is 18.9 Å². The lowest BCUT2D eigenvalue weighted by Gasteiger charge is -2.37. The Bertz CT molecular complexity index is 1390. The zero-order valence-corrected chi connectivity index (χ0v) is 22.5. The number of hydrogen-bond acceptors (Lipinski definition) is 4. The van der Waals surface area contributed by atoms with Crippen LogP contribution in [0.3, 0.4) is 0 Å². The number of ether oxygens (including phenoxy) is 1. The molecule has 2 aromatic heterocycles. The van der Waals surface area contributed by atoms with Crippen LogP contribution in [0.4, 0.5) is 17.6 Å². The van der Waals surface area contributed by atoms with Crippen LogP contribution in [0, 0.1) is 19.8 Å². The maximum Gasteiger partial charge on any atom is 0.319 e. The maximum atomic E-state index is 13.6. The number of para-hydroxylation sites is 1. The Kier molecular flexibility index (Phi) is 8.39. The van der Waals surface area contributed by atoms with Gasteiger partial charge in [0.15, 0.2) is 0 Å². The molecule has 0 radical (unpaired) electrons. The number of rotatable bonds is 9. The fourth-order valence-electron chi connectivity index (χ4n) is 5.67. The van der Waals surface area contributed by atoms with Crippen LogP contribution < -0.4 is 15.6 Å². The Morgan fingerprint density at radius 3 is 2.51 bits per heavy atom. The summed E-state index contributed by atoms with van der Waals surface area (Å²) in [6.45, 7) is 5.28. The van der Waals surface area contributed by atoms with E-state index in [0.717, 1.165) is 16.6 Å². The number of hydrogen-bond donors (Lipinski definition) is 2. The summed E-state index contributed by atoms with van der Waals surface area (Å²) in [6, 6.07) is 9.17. The third-order valence-electron chi connectivity index (χ3n) is 7.73. The minimum absolute atomic E-state index is 0.0200. The molecule has 2 N–H and O–H groups in total. The van der Waals surface area contributed by atoms with Gasteiger partial charge in [-0.1, -0.05) is 18.2 Å². The monoisotopic (exact) mass is 550 g/mol. The minimum atomic E-state index is -4.03. The topological polar surface area (TPSA) is 79.4 Å². The quantitative estimate of drug-likeness (QED) is 0.365. The summed E-state index contributed by atoms with van der Waals surface area (Å²) in [5, 5.41) is 3.62. The van der Waals surface area contributed by atoms with Gasteiger partial charge in [0.25, 0.3) is 11.5 Å². The molecule has 7 nitrogen and oxygen atoms in total. The average molecular weight is 551 g/mol. The van der Waals surface area contributed by atoms with Crippen molar-refractivity contribution in [2.24, 2.45) is 5.92 Å². The SMILES string of the molecule is COc1cc(C)[nH]c(=O)c1CNC(=O)c1c(C)n(C(C)C2CCN(CC(F)(F)C(F)F)CC2)c2ccccc12. The van der Waals surface area contributed by atoms with Gasteiger partial charge < -0.3 is 19.6 Å². The second-order valence-electron chi connectivity index (χ2n) is 10.3. The van der Waals surface area contributed by atoms with Gasteiger partial charge in [0, 0.05) is 28.3 Å². The smallest absolute Gasteiger partial charge is 0.319 e. The first kappa shape index (κ1) is 28.7. The largest absolute Gasteiger partial charge is 0.496 e. The summed E-state index contributed by atoms with van der Waals surface area (Å²) < 4.78 is 59.8. The fourth-order valence-corrected chi connectivity index (χ4v) is 5.67. The number of carbonyl (C=O) groups is 1. The van der Waals surface area contributed by atoms with Crippen molar-refractivity contribution in [1.82, 2.24) is 19.8 Å². The number of alkyl halides is 4. The van der Waals surface area contributed by atoms with Crippen LogP contribution in [0.1, 0.15) is 53.1 Å². The number of benzene rings is 1. The Morgan fingerprint density at radius 2 is 1.87 bits per heavy atom. The number of aryl methyl sites for hydroxylation is 1. The van der Waals surface area contributed by atoms with E-state index in [9.17, 15) is 27.2 Å². The van der Waals surface area contributed by atoms with Gasteiger partial charge in [0.1, 0.15) is 5.75 Å². The van der Waals surface area contributed by atoms with E-state index in [1.807, 2.05) is 38.1 Å². The third-order valence-corrected chi connectivity index (χ3v) is 7.73. The van der Waals surface area contributed by atoms with Gasteiger partial charge in [-0.2, -0.15) is 8.78 Å². The molecule has 1 aromatic carbocycles. The van der Waals surface area contributed by atoms with Gasteiger partial charge in [-0.15, -0.1) is 0 Å². The molecule has 1 aliphatic rings. The summed E-state index contributed by atoms with van der Waals surface area (Å²) in [6.07, 6.45) is -2.54. The molecule has 0 saturated carbocycles. The van der Waals surface area contributed by atoms with E-state index in [2.05, 4.69) is 14.9 Å². The number of nitrogens with one attached hydrogen (secondary N) is 2. The number of amides is 1. The number of piperidine rings is 1. The molecule has 1 atom stereocenters. The van der Waals surface area contributed by atoms with E-state index in [0.29, 0.717) is 48.5 Å². The molecule has 1 fully saturated rings. The van der Waals surface area contributed by atoms with E-state index >= 15 is 0 Å². The van der Waals surface area contributed by atoms with Crippen LogP contribution in [0.15, 0.2) is 35.1 Å². The van der Waals surface area contributed by atoms with Crippen LogP contribution in [-0.4, -0.2) is 59.5 Å². The van der Waals surface area contributed by atoms with Gasteiger partial charge in [0.05, 0.1) is 31.3 Å². The van der Waals surface area contributed by atoms with Crippen LogP contribution in [-0.2, 0) is 6.54 Å². The lowest BCUT2D eigenvalue weighted by atomic mass is 9.89. The van der Waals surface area contributed by atoms with Crippen LogP contribution in [0.2, 0.25) is 0 Å². The highest BCUT2D eigenvalue weighted by atomic mass is 19.3. The number of halogens is 4. The Balaban J connectivity index is 1.55. The van der Waals surface area contributed by atoms with Crippen LogP contribution in [0.25, 0.3) is 10.9 Å². The standard InChI is InChI=1S/C28H34F4N4O3/c1-16-13-23(39-4)21(25(37)34-16)14-33-26(38)24-18(3)36(22-8-6-5-7-20(22)24)17(2)19-9-11-35(12-10-19)15-28(31,32)27(29)30/h5-8,13,17,19,27H,9-12,14-15H2,1-4H3,(H,33,38)(H,34,37). The summed E-state index contributed by atoms with van der Waals surface area (Å²) in [5.74, 6) is -3.86. The lowest BCUT2D eigenvalue weighted by molar-refractivity contribution is -0.144. The normalized spacial score (nSPS) is 16.1. The van der Waals surface area contributed by atoms with E-state index in [4.69, 9.17) is 4.74 Å². The molecule has 0 bridgehead atoms. The lowest BCUT2D eigenvalue weighted by Crippen LogP contribution is -2.45. The predicted octanol–water partition coefficient (Wildman–Crippen LogP) is 5.06. The number of nitrogens with zero attached hydrogens (tertiary/aromatic N) is 2. The van der Waals surface area contributed by atoms with Gasteiger partial charge in [-0.05, 0) is 64.8 Å². The molecule has 3 aromatic rings. The highest BCUT2D eigenvalue weighted by Crippen LogP contribution is 2.36. The Labute approximate surface area is 224 Å². The van der Waals surface area contributed by atoms with Gasteiger partial charge in [-0.25, -0.2) is 8.78 Å². The first-order valence-electron chi connectivity index (χ1n) is 13.0. The number of fused-ring (bicyclic) bond motifs is 1. The van der Waals surface area contributed by atoms with E-state index in [1.165, 1.54) is 12.0 Å². The first-order valence-corrected chi connectivity index (χ1v) is 13.0. The molecular weight excluding hydrogens is 516 g/mol. The van der Waals surface area contributed by atoms with Gasteiger partial charge in [-0.3, -0.25) is 14.5 Å². The second kappa shape index (κ2) is 11.4. The Morgan fingerprint density at radius 1 is 1.21 bits per heavy atom. The van der Waals surface area contributed by atoms with Crippen molar-refractivity contribution in [2.75, 3.05) is 26.7 Å². The molecule has 3 heterocycles. The molecular formula is C28H34F4N4O3. The number of carbonyl (C=O) groups excluding carboxylic acids is 1. The number of H-pyrrole nitrogens is 1. The van der Waals surface area contributed by atoms with Gasteiger partial charge >= 0.3 is 12.3 Å². The fraction of sp³-hybridized carbons (Fsp3) is 0.500. The summed E-state index contributed by atoms with van der Waals surface area (Å²) in [7, 11) is 1.47. The summed E-state index contributed by atoms with van der Waals surface area (Å²) in [5.41, 5.74) is 2.73. The van der Waals surface area contributed by atoms with Crippen molar-refractivity contribution in [3.63, 3.8) is 0 Å². The number of aromatic nitrogens is 2. The number of aromatic amines is 1.